The minimum absolute atomic E-state index is 0.0795. The highest BCUT2D eigenvalue weighted by molar-refractivity contribution is 5.38. The molecule has 1 N–H and O–H groups in total. The molecule has 0 aliphatic rings. The molecule has 0 radical (unpaired) electrons. The molecule has 0 saturated heterocycles. The smallest absolute Gasteiger partial charge is 0.264 e. The van der Waals surface area contributed by atoms with E-state index in [9.17, 15) is 4.79 Å². The molecule has 3 heteroatoms. The summed E-state index contributed by atoms with van der Waals surface area (Å²) in [5, 5.41) is 2.71. The third-order valence-electron chi connectivity index (χ3n) is 2.09. The van der Waals surface area contributed by atoms with Gasteiger partial charge >= 0.3 is 0 Å². The number of aryl methyl sites for hydroxylation is 2. The quantitative estimate of drug-likeness (QED) is 0.727. The lowest BCUT2D eigenvalue weighted by Gasteiger charge is -2.04. The van der Waals surface area contributed by atoms with E-state index in [-0.39, 0.29) is 5.56 Å². The van der Waals surface area contributed by atoms with Crippen molar-refractivity contribution in [1.29, 1.82) is 0 Å². The van der Waals surface area contributed by atoms with Crippen molar-refractivity contribution < 1.29 is 0 Å². The third-order valence-corrected chi connectivity index (χ3v) is 2.09. The molecule has 1 aromatic carbocycles. The standard InChI is InChI=1S/C11H12N2O/c1-8-5-9(2)7-10(6-8)13-4-3-11(14)12-13/h3-7H,1-2H3,(H,12,14). The number of aromatic nitrogens is 2. The Morgan fingerprint density at radius 1 is 1.14 bits per heavy atom. The average molecular weight is 188 g/mol. The Morgan fingerprint density at radius 3 is 2.29 bits per heavy atom. The molecule has 72 valence electrons. The summed E-state index contributed by atoms with van der Waals surface area (Å²) in [5.41, 5.74) is 3.29. The summed E-state index contributed by atoms with van der Waals surface area (Å²) in [4.78, 5) is 11.0. The fourth-order valence-electron chi connectivity index (χ4n) is 1.58. The topological polar surface area (TPSA) is 37.8 Å². The predicted molar refractivity (Wildman–Crippen MR) is 55.9 cm³/mol. The number of nitrogens with one attached hydrogen (secondary N) is 1. The van der Waals surface area contributed by atoms with Gasteiger partial charge in [0, 0.05) is 12.3 Å². The van der Waals surface area contributed by atoms with Crippen LogP contribution in [0.25, 0.3) is 5.69 Å². The Balaban J connectivity index is 2.56. The molecule has 0 spiro atoms. The van der Waals surface area contributed by atoms with E-state index in [0.717, 1.165) is 5.69 Å². The van der Waals surface area contributed by atoms with E-state index in [1.807, 2.05) is 26.0 Å². The molecule has 0 fully saturated rings. The largest absolute Gasteiger partial charge is 0.268 e. The van der Waals surface area contributed by atoms with Gasteiger partial charge in [0.2, 0.25) is 0 Å². The first-order chi connectivity index (χ1) is 6.65. The summed E-state index contributed by atoms with van der Waals surface area (Å²) in [6, 6.07) is 7.68. The number of benzene rings is 1. The van der Waals surface area contributed by atoms with Crippen LogP contribution in [-0.4, -0.2) is 9.78 Å². The summed E-state index contributed by atoms with van der Waals surface area (Å²) >= 11 is 0. The summed E-state index contributed by atoms with van der Waals surface area (Å²) in [5.74, 6) is 0. The van der Waals surface area contributed by atoms with Crippen LogP contribution in [-0.2, 0) is 0 Å². The van der Waals surface area contributed by atoms with Gasteiger partial charge in [0.25, 0.3) is 5.56 Å². The fraction of sp³-hybridized carbons (Fsp3) is 0.182. The van der Waals surface area contributed by atoms with E-state index in [2.05, 4.69) is 11.2 Å². The van der Waals surface area contributed by atoms with Crippen molar-refractivity contribution in [3.63, 3.8) is 0 Å². The minimum Gasteiger partial charge on any atom is -0.268 e. The number of hydrogen-bond donors (Lipinski definition) is 1. The van der Waals surface area contributed by atoms with Crippen LogP contribution in [0.15, 0.2) is 35.3 Å². The van der Waals surface area contributed by atoms with Crippen LogP contribution < -0.4 is 5.56 Å². The first-order valence-electron chi connectivity index (χ1n) is 4.51. The van der Waals surface area contributed by atoms with E-state index in [4.69, 9.17) is 0 Å². The number of hydrogen-bond acceptors (Lipinski definition) is 1. The van der Waals surface area contributed by atoms with Crippen LogP contribution in [0, 0.1) is 13.8 Å². The van der Waals surface area contributed by atoms with Gasteiger partial charge in [-0.05, 0) is 37.1 Å². The van der Waals surface area contributed by atoms with Crippen LogP contribution in [0.5, 0.6) is 0 Å². The van der Waals surface area contributed by atoms with Crippen molar-refractivity contribution in [1.82, 2.24) is 9.78 Å². The van der Waals surface area contributed by atoms with Gasteiger partial charge in [-0.25, -0.2) is 0 Å². The maximum absolute atomic E-state index is 11.0. The lowest BCUT2D eigenvalue weighted by atomic mass is 10.1. The van der Waals surface area contributed by atoms with Crippen LogP contribution in [0.2, 0.25) is 0 Å². The van der Waals surface area contributed by atoms with Crippen LogP contribution in [0.3, 0.4) is 0 Å². The molecule has 0 aliphatic heterocycles. The number of rotatable bonds is 1. The minimum atomic E-state index is -0.0795. The van der Waals surface area contributed by atoms with Gasteiger partial charge in [-0.2, -0.15) is 0 Å². The molecule has 0 unspecified atom stereocenters. The molecule has 0 aliphatic carbocycles. The van der Waals surface area contributed by atoms with Crippen molar-refractivity contribution in [2.75, 3.05) is 0 Å². The van der Waals surface area contributed by atoms with E-state index in [0.29, 0.717) is 0 Å². The molecular formula is C11H12N2O. The van der Waals surface area contributed by atoms with Crippen molar-refractivity contribution in [2.24, 2.45) is 0 Å². The fourth-order valence-corrected chi connectivity index (χ4v) is 1.58. The summed E-state index contributed by atoms with van der Waals surface area (Å²) in [7, 11) is 0. The van der Waals surface area contributed by atoms with Gasteiger partial charge in [-0.1, -0.05) is 6.07 Å². The molecule has 1 heterocycles. The summed E-state index contributed by atoms with van der Waals surface area (Å²) < 4.78 is 1.72. The summed E-state index contributed by atoms with van der Waals surface area (Å²) in [6.45, 7) is 4.08. The molecular weight excluding hydrogens is 176 g/mol. The van der Waals surface area contributed by atoms with Gasteiger partial charge in [0.1, 0.15) is 0 Å². The number of nitrogens with zero attached hydrogens (tertiary/aromatic N) is 1. The summed E-state index contributed by atoms with van der Waals surface area (Å²) in [6.07, 6.45) is 1.73. The van der Waals surface area contributed by atoms with Crippen molar-refractivity contribution in [2.45, 2.75) is 13.8 Å². The first kappa shape index (κ1) is 8.81. The lowest BCUT2D eigenvalue weighted by Crippen LogP contribution is -2.03. The zero-order valence-corrected chi connectivity index (χ0v) is 8.24. The maximum Gasteiger partial charge on any atom is 0.264 e. The molecule has 2 rings (SSSR count). The Morgan fingerprint density at radius 2 is 1.79 bits per heavy atom. The molecule has 0 amide bonds. The molecule has 0 saturated carbocycles. The maximum atomic E-state index is 11.0. The van der Waals surface area contributed by atoms with Crippen LogP contribution in [0.1, 0.15) is 11.1 Å². The monoisotopic (exact) mass is 188 g/mol. The second kappa shape index (κ2) is 3.18. The van der Waals surface area contributed by atoms with Gasteiger partial charge in [-0.3, -0.25) is 14.6 Å². The Labute approximate surface area is 82.0 Å². The highest BCUT2D eigenvalue weighted by Crippen LogP contribution is 2.11. The number of aromatic amines is 1. The lowest BCUT2D eigenvalue weighted by molar-refractivity contribution is 0.861. The highest BCUT2D eigenvalue weighted by Gasteiger charge is 1.98. The normalized spacial score (nSPS) is 10.4. The Bertz CT molecular complexity index is 488. The van der Waals surface area contributed by atoms with E-state index in [1.165, 1.54) is 17.2 Å². The predicted octanol–water partition coefficient (Wildman–Crippen LogP) is 1.78. The van der Waals surface area contributed by atoms with E-state index < -0.39 is 0 Å². The van der Waals surface area contributed by atoms with Crippen LogP contribution in [0.4, 0.5) is 0 Å². The van der Waals surface area contributed by atoms with Crippen molar-refractivity contribution in [3.05, 3.63) is 51.9 Å². The van der Waals surface area contributed by atoms with E-state index in [1.54, 1.807) is 10.9 Å². The molecule has 0 bridgehead atoms. The van der Waals surface area contributed by atoms with Gasteiger partial charge in [-0.15, -0.1) is 0 Å². The van der Waals surface area contributed by atoms with Gasteiger partial charge < -0.3 is 0 Å². The highest BCUT2D eigenvalue weighted by atomic mass is 16.1. The van der Waals surface area contributed by atoms with Gasteiger partial charge in [0.05, 0.1) is 5.69 Å². The first-order valence-corrected chi connectivity index (χ1v) is 4.51. The average Bonchev–Trinajstić information content (AvgIpc) is 2.50. The molecule has 14 heavy (non-hydrogen) atoms. The van der Waals surface area contributed by atoms with Crippen molar-refractivity contribution >= 4 is 0 Å². The van der Waals surface area contributed by atoms with Crippen molar-refractivity contribution in [3.8, 4) is 5.69 Å². The molecule has 1 aromatic heterocycles. The Hall–Kier alpha value is -1.77. The Kier molecular flexibility index (Phi) is 2.00. The molecule has 0 atom stereocenters. The zero-order chi connectivity index (χ0) is 10.1. The van der Waals surface area contributed by atoms with Crippen LogP contribution >= 0.6 is 0 Å². The second-order valence-electron chi connectivity index (χ2n) is 3.51. The SMILES string of the molecule is Cc1cc(C)cc(-n2ccc(=O)[nH]2)c1. The van der Waals surface area contributed by atoms with Gasteiger partial charge in [0.15, 0.2) is 0 Å². The second-order valence-corrected chi connectivity index (χ2v) is 3.51. The van der Waals surface area contributed by atoms with E-state index >= 15 is 0 Å². The molecule has 3 nitrogen and oxygen atoms in total. The zero-order valence-electron chi connectivity index (χ0n) is 8.24. The third kappa shape index (κ3) is 1.62. The molecule has 2 aromatic rings. The number of H-pyrrole nitrogens is 1.